The molecule has 2 rings (SSSR count). The molecule has 0 radical (unpaired) electrons. The Morgan fingerprint density at radius 3 is 2.43 bits per heavy atom. The number of anilines is 1. The van der Waals surface area contributed by atoms with Crippen LogP contribution in [-0.4, -0.2) is 17.8 Å². The molecule has 0 aliphatic rings. The Labute approximate surface area is 131 Å². The van der Waals surface area contributed by atoms with E-state index in [1.807, 2.05) is 0 Å². The van der Waals surface area contributed by atoms with Crippen molar-refractivity contribution in [1.82, 2.24) is 0 Å². The smallest absolute Gasteiger partial charge is 0.293 e. The Hall–Kier alpha value is -2.83. The highest BCUT2D eigenvalue weighted by molar-refractivity contribution is 5.95. The molecule has 2 aromatic rings. The van der Waals surface area contributed by atoms with Gasteiger partial charge in [0.25, 0.3) is 5.69 Å². The van der Waals surface area contributed by atoms with Crippen molar-refractivity contribution in [3.63, 3.8) is 0 Å². The van der Waals surface area contributed by atoms with Gasteiger partial charge in [-0.3, -0.25) is 14.9 Å². The van der Waals surface area contributed by atoms with Crippen molar-refractivity contribution in [1.29, 1.82) is 0 Å². The van der Waals surface area contributed by atoms with Crippen LogP contribution in [0.15, 0.2) is 36.4 Å². The number of benzene rings is 2. The van der Waals surface area contributed by atoms with Crippen molar-refractivity contribution in [3.05, 3.63) is 69.3 Å². The highest BCUT2D eigenvalue weighted by Gasteiger charge is 2.19. The lowest BCUT2D eigenvalue weighted by Gasteiger charge is -2.19. The molecule has 0 fully saturated rings. The Morgan fingerprint density at radius 1 is 1.17 bits per heavy atom. The summed E-state index contributed by atoms with van der Waals surface area (Å²) < 4.78 is 26.2. The van der Waals surface area contributed by atoms with Crippen LogP contribution in [0.5, 0.6) is 0 Å². The lowest BCUT2D eigenvalue weighted by molar-refractivity contribution is -0.384. The SMILES string of the molecule is CC(=O)c1ccc(N(C)Cc2ccc(F)c(F)c2)c([N+](=O)[O-])c1. The summed E-state index contributed by atoms with van der Waals surface area (Å²) in [6, 6.07) is 7.62. The number of rotatable bonds is 5. The summed E-state index contributed by atoms with van der Waals surface area (Å²) in [6.45, 7) is 1.47. The van der Waals surface area contributed by atoms with Gasteiger partial charge in [0.1, 0.15) is 5.69 Å². The van der Waals surface area contributed by atoms with Crippen LogP contribution in [0.4, 0.5) is 20.2 Å². The molecule has 0 N–H and O–H groups in total. The molecule has 0 bridgehead atoms. The van der Waals surface area contributed by atoms with Crippen LogP contribution in [0.25, 0.3) is 0 Å². The largest absolute Gasteiger partial charge is 0.365 e. The Kier molecular flexibility index (Phi) is 4.68. The second-order valence-corrected chi connectivity index (χ2v) is 5.12. The van der Waals surface area contributed by atoms with E-state index in [1.54, 1.807) is 7.05 Å². The van der Waals surface area contributed by atoms with Gasteiger partial charge in [-0.15, -0.1) is 0 Å². The van der Waals surface area contributed by atoms with Crippen LogP contribution < -0.4 is 4.90 Å². The second-order valence-electron chi connectivity index (χ2n) is 5.12. The van der Waals surface area contributed by atoms with E-state index in [2.05, 4.69) is 0 Å². The summed E-state index contributed by atoms with van der Waals surface area (Å²) in [7, 11) is 1.59. The fourth-order valence-electron chi connectivity index (χ4n) is 2.21. The Morgan fingerprint density at radius 2 is 1.87 bits per heavy atom. The number of carbonyl (C=O) groups is 1. The van der Waals surface area contributed by atoms with E-state index in [0.717, 1.165) is 12.1 Å². The van der Waals surface area contributed by atoms with Crippen LogP contribution in [0.2, 0.25) is 0 Å². The summed E-state index contributed by atoms with van der Waals surface area (Å²) in [5.74, 6) is -2.20. The molecule has 0 saturated carbocycles. The number of halogens is 2. The predicted molar refractivity (Wildman–Crippen MR) is 81.6 cm³/mol. The number of hydrogen-bond donors (Lipinski definition) is 0. The standard InChI is InChI=1S/C16H14F2N2O3/c1-10(21)12-4-6-15(16(8-12)20(22)23)19(2)9-11-3-5-13(17)14(18)7-11/h3-8H,9H2,1-2H3. The fraction of sp³-hybridized carbons (Fsp3) is 0.188. The molecule has 0 atom stereocenters. The van der Waals surface area contributed by atoms with E-state index >= 15 is 0 Å². The number of nitrogens with zero attached hydrogens (tertiary/aromatic N) is 2. The van der Waals surface area contributed by atoms with Gasteiger partial charge >= 0.3 is 0 Å². The maximum atomic E-state index is 13.2. The molecule has 0 aromatic heterocycles. The van der Waals surface area contributed by atoms with Gasteiger partial charge in [0.05, 0.1) is 4.92 Å². The first-order chi connectivity index (χ1) is 10.8. The van der Waals surface area contributed by atoms with E-state index in [4.69, 9.17) is 0 Å². The minimum atomic E-state index is -0.975. The number of nitro groups is 1. The number of nitro benzene ring substituents is 1. The summed E-state index contributed by atoms with van der Waals surface area (Å²) in [5, 5.41) is 11.2. The average molecular weight is 320 g/mol. The van der Waals surface area contributed by atoms with Crippen molar-refractivity contribution in [2.45, 2.75) is 13.5 Å². The van der Waals surface area contributed by atoms with Crippen LogP contribution in [0.3, 0.4) is 0 Å². The molecule has 23 heavy (non-hydrogen) atoms. The molecule has 0 unspecified atom stereocenters. The minimum Gasteiger partial charge on any atom is -0.365 e. The minimum absolute atomic E-state index is 0.150. The van der Waals surface area contributed by atoms with Crippen LogP contribution in [0, 0.1) is 21.7 Å². The summed E-state index contributed by atoms with van der Waals surface area (Å²) >= 11 is 0. The molecular formula is C16H14F2N2O3. The fourth-order valence-corrected chi connectivity index (χ4v) is 2.21. The van der Waals surface area contributed by atoms with Crippen LogP contribution >= 0.6 is 0 Å². The van der Waals surface area contributed by atoms with E-state index in [-0.39, 0.29) is 29.3 Å². The maximum absolute atomic E-state index is 13.2. The molecular weight excluding hydrogens is 306 g/mol. The normalized spacial score (nSPS) is 10.4. The molecule has 5 nitrogen and oxygen atoms in total. The molecule has 2 aromatic carbocycles. The molecule has 0 aliphatic heterocycles. The third-order valence-corrected chi connectivity index (χ3v) is 3.39. The zero-order chi connectivity index (χ0) is 17.1. The number of carbonyl (C=O) groups excluding carboxylic acids is 1. The average Bonchev–Trinajstić information content (AvgIpc) is 2.50. The summed E-state index contributed by atoms with van der Waals surface area (Å²) in [5.41, 5.74) is 0.769. The van der Waals surface area contributed by atoms with Crippen molar-refractivity contribution >= 4 is 17.2 Å². The van der Waals surface area contributed by atoms with Crippen molar-refractivity contribution in [3.8, 4) is 0 Å². The molecule has 0 aliphatic carbocycles. The highest BCUT2D eigenvalue weighted by atomic mass is 19.2. The topological polar surface area (TPSA) is 63.5 Å². The third kappa shape index (κ3) is 3.68. The predicted octanol–water partition coefficient (Wildman–Crippen LogP) is 3.71. The van der Waals surface area contributed by atoms with Crippen molar-refractivity contribution < 1.29 is 18.5 Å². The van der Waals surface area contributed by atoms with Gasteiger partial charge in [0.15, 0.2) is 17.4 Å². The zero-order valence-electron chi connectivity index (χ0n) is 12.5. The van der Waals surface area contributed by atoms with Gasteiger partial charge in [-0.05, 0) is 36.8 Å². The Bertz CT molecular complexity index is 778. The van der Waals surface area contributed by atoms with Crippen molar-refractivity contribution in [2.24, 2.45) is 0 Å². The molecule has 0 heterocycles. The van der Waals surface area contributed by atoms with E-state index in [0.29, 0.717) is 5.56 Å². The lowest BCUT2D eigenvalue weighted by Crippen LogP contribution is -2.18. The van der Waals surface area contributed by atoms with Crippen LogP contribution in [0.1, 0.15) is 22.8 Å². The van der Waals surface area contributed by atoms with E-state index in [9.17, 15) is 23.7 Å². The zero-order valence-corrected chi connectivity index (χ0v) is 12.5. The van der Waals surface area contributed by atoms with Gasteiger partial charge in [-0.1, -0.05) is 6.07 Å². The molecule has 0 spiro atoms. The van der Waals surface area contributed by atoms with E-state index in [1.165, 1.54) is 36.1 Å². The first kappa shape index (κ1) is 16.5. The van der Waals surface area contributed by atoms with Crippen LogP contribution in [-0.2, 0) is 6.54 Å². The van der Waals surface area contributed by atoms with Crippen molar-refractivity contribution in [2.75, 3.05) is 11.9 Å². The van der Waals surface area contributed by atoms with Gasteiger partial charge in [-0.25, -0.2) is 8.78 Å². The Balaban J connectivity index is 2.34. The molecule has 0 amide bonds. The molecule has 120 valence electrons. The number of Topliss-reactive ketones (excluding diaryl/α,β-unsaturated/α-hetero) is 1. The quantitative estimate of drug-likeness (QED) is 0.478. The monoisotopic (exact) mass is 320 g/mol. The highest BCUT2D eigenvalue weighted by Crippen LogP contribution is 2.29. The number of hydrogen-bond acceptors (Lipinski definition) is 4. The maximum Gasteiger partial charge on any atom is 0.293 e. The van der Waals surface area contributed by atoms with E-state index < -0.39 is 16.6 Å². The van der Waals surface area contributed by atoms with Gasteiger partial charge in [0, 0.05) is 25.2 Å². The first-order valence-electron chi connectivity index (χ1n) is 6.74. The van der Waals surface area contributed by atoms with Gasteiger partial charge in [-0.2, -0.15) is 0 Å². The molecule has 0 saturated heterocycles. The molecule has 7 heteroatoms. The van der Waals surface area contributed by atoms with Gasteiger partial charge in [0.2, 0.25) is 0 Å². The summed E-state index contributed by atoms with van der Waals surface area (Å²) in [4.78, 5) is 23.5. The lowest BCUT2D eigenvalue weighted by atomic mass is 10.1. The first-order valence-corrected chi connectivity index (χ1v) is 6.74. The summed E-state index contributed by atoms with van der Waals surface area (Å²) in [6.07, 6.45) is 0. The third-order valence-electron chi connectivity index (χ3n) is 3.39. The number of ketones is 1. The second kappa shape index (κ2) is 6.51. The van der Waals surface area contributed by atoms with Gasteiger partial charge < -0.3 is 4.90 Å².